The number of benzene rings is 1. The van der Waals surface area contributed by atoms with Crippen molar-refractivity contribution in [3.8, 4) is 0 Å². The third kappa shape index (κ3) is 3.05. The summed E-state index contributed by atoms with van der Waals surface area (Å²) in [6.45, 7) is 4.40. The molecule has 1 aromatic rings. The number of nitrogens with two attached hydrogens (primary N) is 1. The Labute approximate surface area is 95.4 Å². The Bertz CT molecular complexity index is 332. The summed E-state index contributed by atoms with van der Waals surface area (Å²) in [5.41, 5.74) is 6.28. The van der Waals surface area contributed by atoms with E-state index >= 15 is 0 Å². The second-order valence-electron chi connectivity index (χ2n) is 3.96. The molecule has 0 aromatic heterocycles. The van der Waals surface area contributed by atoms with Crippen LogP contribution in [0.15, 0.2) is 24.3 Å². The van der Waals surface area contributed by atoms with Crippen molar-refractivity contribution in [2.24, 2.45) is 17.6 Å². The van der Waals surface area contributed by atoms with Crippen molar-refractivity contribution in [3.05, 3.63) is 34.9 Å². The molecule has 1 unspecified atom stereocenters. The van der Waals surface area contributed by atoms with Gasteiger partial charge in [0.05, 0.1) is 0 Å². The molecule has 0 aliphatic heterocycles. The van der Waals surface area contributed by atoms with Gasteiger partial charge in [0.15, 0.2) is 5.78 Å². The molecule has 0 fully saturated rings. The van der Waals surface area contributed by atoms with Gasteiger partial charge in [0.1, 0.15) is 0 Å². The smallest absolute Gasteiger partial charge is 0.167 e. The minimum Gasteiger partial charge on any atom is -0.330 e. The Hall–Kier alpha value is -0.860. The molecule has 0 aliphatic rings. The average Bonchev–Trinajstić information content (AvgIpc) is 2.19. The zero-order valence-electron chi connectivity index (χ0n) is 9.03. The molecule has 0 bridgehead atoms. The van der Waals surface area contributed by atoms with Crippen molar-refractivity contribution in [2.45, 2.75) is 13.8 Å². The normalized spacial score (nSPS) is 12.9. The molecule has 0 radical (unpaired) electrons. The number of carbonyl (C=O) groups excluding carboxylic acids is 1. The Balaban J connectivity index is 2.88. The Morgan fingerprint density at radius 2 is 1.87 bits per heavy atom. The summed E-state index contributed by atoms with van der Waals surface area (Å²) in [6, 6.07) is 6.94. The average molecular weight is 226 g/mol. The number of carbonyl (C=O) groups is 1. The predicted octanol–water partition coefficient (Wildman–Crippen LogP) is 2.75. The lowest BCUT2D eigenvalue weighted by atomic mass is 9.88. The van der Waals surface area contributed by atoms with Crippen molar-refractivity contribution in [3.63, 3.8) is 0 Å². The van der Waals surface area contributed by atoms with Crippen LogP contribution in [0.3, 0.4) is 0 Å². The molecule has 0 saturated heterocycles. The highest BCUT2D eigenvalue weighted by Gasteiger charge is 2.21. The predicted molar refractivity (Wildman–Crippen MR) is 63.2 cm³/mol. The summed E-state index contributed by atoms with van der Waals surface area (Å²) in [5, 5.41) is 0.639. The molecule has 1 aromatic carbocycles. The highest BCUT2D eigenvalue weighted by Crippen LogP contribution is 2.18. The van der Waals surface area contributed by atoms with Gasteiger partial charge in [0, 0.05) is 23.0 Å². The number of hydrogen-bond acceptors (Lipinski definition) is 2. The van der Waals surface area contributed by atoms with E-state index in [1.165, 1.54) is 0 Å². The van der Waals surface area contributed by atoms with Crippen LogP contribution >= 0.6 is 11.6 Å². The second kappa shape index (κ2) is 5.29. The maximum atomic E-state index is 12.0. The SMILES string of the molecule is CC(C)C(CN)C(=O)c1ccc(Cl)cc1. The molecule has 2 nitrogen and oxygen atoms in total. The molecular weight excluding hydrogens is 210 g/mol. The molecule has 1 rings (SSSR count). The van der Waals surface area contributed by atoms with Crippen LogP contribution in [0.25, 0.3) is 0 Å². The number of ketones is 1. The van der Waals surface area contributed by atoms with Crippen LogP contribution in [0.2, 0.25) is 5.02 Å². The fourth-order valence-electron chi connectivity index (χ4n) is 1.51. The monoisotopic (exact) mass is 225 g/mol. The van der Waals surface area contributed by atoms with Crippen LogP contribution in [0.1, 0.15) is 24.2 Å². The first kappa shape index (κ1) is 12.2. The molecule has 0 amide bonds. The van der Waals surface area contributed by atoms with E-state index in [-0.39, 0.29) is 17.6 Å². The van der Waals surface area contributed by atoms with E-state index in [1.54, 1.807) is 24.3 Å². The lowest BCUT2D eigenvalue weighted by molar-refractivity contribution is 0.0892. The minimum atomic E-state index is -0.105. The fourth-order valence-corrected chi connectivity index (χ4v) is 1.64. The van der Waals surface area contributed by atoms with E-state index in [2.05, 4.69) is 0 Å². The van der Waals surface area contributed by atoms with Crippen LogP contribution in [-0.2, 0) is 0 Å². The number of hydrogen-bond donors (Lipinski definition) is 1. The Morgan fingerprint density at radius 3 is 2.27 bits per heavy atom. The minimum absolute atomic E-state index is 0.101. The van der Waals surface area contributed by atoms with Crippen molar-refractivity contribution < 1.29 is 4.79 Å². The van der Waals surface area contributed by atoms with E-state index in [0.717, 1.165) is 0 Å². The van der Waals surface area contributed by atoms with E-state index in [4.69, 9.17) is 17.3 Å². The second-order valence-corrected chi connectivity index (χ2v) is 4.39. The molecule has 0 spiro atoms. The van der Waals surface area contributed by atoms with Gasteiger partial charge in [-0.05, 0) is 30.2 Å². The van der Waals surface area contributed by atoms with Crippen molar-refractivity contribution in [1.82, 2.24) is 0 Å². The summed E-state index contributed by atoms with van der Waals surface area (Å²) >= 11 is 5.76. The standard InChI is InChI=1S/C12H16ClNO/c1-8(2)11(7-14)12(15)9-3-5-10(13)6-4-9/h3-6,8,11H,7,14H2,1-2H3. The van der Waals surface area contributed by atoms with Crippen molar-refractivity contribution in [2.75, 3.05) is 6.54 Å². The van der Waals surface area contributed by atoms with E-state index in [1.807, 2.05) is 13.8 Å². The summed E-state index contributed by atoms with van der Waals surface area (Å²) in [7, 11) is 0. The highest BCUT2D eigenvalue weighted by molar-refractivity contribution is 6.30. The van der Waals surface area contributed by atoms with E-state index in [9.17, 15) is 4.79 Å². The molecular formula is C12H16ClNO. The van der Waals surface area contributed by atoms with Crippen LogP contribution in [-0.4, -0.2) is 12.3 Å². The molecule has 1 atom stereocenters. The maximum Gasteiger partial charge on any atom is 0.167 e. The first-order valence-electron chi connectivity index (χ1n) is 5.06. The topological polar surface area (TPSA) is 43.1 Å². The van der Waals surface area contributed by atoms with Crippen LogP contribution in [0.4, 0.5) is 0 Å². The summed E-state index contributed by atoms with van der Waals surface area (Å²) in [4.78, 5) is 12.0. The Kier molecular flexibility index (Phi) is 4.30. The number of rotatable bonds is 4. The molecule has 0 saturated carbocycles. The van der Waals surface area contributed by atoms with Gasteiger partial charge >= 0.3 is 0 Å². The first-order valence-corrected chi connectivity index (χ1v) is 5.44. The lowest BCUT2D eigenvalue weighted by Crippen LogP contribution is -2.28. The van der Waals surface area contributed by atoms with E-state index < -0.39 is 0 Å². The number of Topliss-reactive ketones (excluding diaryl/α,β-unsaturated/α-hetero) is 1. The van der Waals surface area contributed by atoms with Gasteiger partial charge < -0.3 is 5.73 Å². The molecule has 3 heteroatoms. The van der Waals surface area contributed by atoms with Gasteiger partial charge in [-0.1, -0.05) is 25.4 Å². The fraction of sp³-hybridized carbons (Fsp3) is 0.417. The van der Waals surface area contributed by atoms with Gasteiger partial charge in [-0.15, -0.1) is 0 Å². The molecule has 15 heavy (non-hydrogen) atoms. The maximum absolute atomic E-state index is 12.0. The van der Waals surface area contributed by atoms with E-state index in [0.29, 0.717) is 17.1 Å². The largest absolute Gasteiger partial charge is 0.330 e. The summed E-state index contributed by atoms with van der Waals surface area (Å²) in [5.74, 6) is 0.258. The third-order valence-electron chi connectivity index (χ3n) is 2.52. The summed E-state index contributed by atoms with van der Waals surface area (Å²) < 4.78 is 0. The van der Waals surface area contributed by atoms with Gasteiger partial charge in [0.25, 0.3) is 0 Å². The van der Waals surface area contributed by atoms with Gasteiger partial charge in [-0.2, -0.15) is 0 Å². The van der Waals surface area contributed by atoms with Crippen LogP contribution < -0.4 is 5.73 Å². The zero-order chi connectivity index (χ0) is 11.4. The van der Waals surface area contributed by atoms with Gasteiger partial charge in [-0.3, -0.25) is 4.79 Å². The van der Waals surface area contributed by atoms with Gasteiger partial charge in [0.2, 0.25) is 0 Å². The third-order valence-corrected chi connectivity index (χ3v) is 2.78. The summed E-state index contributed by atoms with van der Waals surface area (Å²) in [6.07, 6.45) is 0. The van der Waals surface area contributed by atoms with Crippen molar-refractivity contribution >= 4 is 17.4 Å². The molecule has 2 N–H and O–H groups in total. The highest BCUT2D eigenvalue weighted by atomic mass is 35.5. The quantitative estimate of drug-likeness (QED) is 0.801. The zero-order valence-corrected chi connectivity index (χ0v) is 9.79. The van der Waals surface area contributed by atoms with Gasteiger partial charge in [-0.25, -0.2) is 0 Å². The number of halogens is 1. The Morgan fingerprint density at radius 1 is 1.33 bits per heavy atom. The lowest BCUT2D eigenvalue weighted by Gasteiger charge is -2.17. The molecule has 0 heterocycles. The van der Waals surface area contributed by atoms with Crippen LogP contribution in [0.5, 0.6) is 0 Å². The molecule has 0 aliphatic carbocycles. The molecule has 82 valence electrons. The first-order chi connectivity index (χ1) is 7.06. The van der Waals surface area contributed by atoms with Crippen LogP contribution in [0, 0.1) is 11.8 Å². The van der Waals surface area contributed by atoms with Crippen molar-refractivity contribution in [1.29, 1.82) is 0 Å².